The van der Waals surface area contributed by atoms with Crippen LogP contribution >= 0.6 is 0 Å². The van der Waals surface area contributed by atoms with E-state index in [0.717, 1.165) is 32.8 Å². The molecule has 17 heavy (non-hydrogen) atoms. The van der Waals surface area contributed by atoms with Crippen LogP contribution in [0.15, 0.2) is 0 Å². The summed E-state index contributed by atoms with van der Waals surface area (Å²) < 4.78 is 5.29. The average molecular weight is 244 g/mol. The van der Waals surface area contributed by atoms with E-state index >= 15 is 0 Å². The summed E-state index contributed by atoms with van der Waals surface area (Å²) in [7, 11) is 0. The molecule has 0 aromatic carbocycles. The SMILES string of the molecule is CCCCCN(CCNCCOCC)C(C)C. The molecule has 0 aliphatic heterocycles. The molecule has 0 amide bonds. The molecule has 104 valence electrons. The molecule has 0 atom stereocenters. The molecule has 3 nitrogen and oxygen atoms in total. The largest absolute Gasteiger partial charge is 0.380 e. The molecule has 0 heterocycles. The summed E-state index contributed by atoms with van der Waals surface area (Å²) in [5.74, 6) is 0. The lowest BCUT2D eigenvalue weighted by Crippen LogP contribution is -2.38. The van der Waals surface area contributed by atoms with Crippen LogP contribution in [-0.2, 0) is 4.74 Å². The number of unbranched alkanes of at least 4 members (excludes halogenated alkanes) is 2. The average Bonchev–Trinajstić information content (AvgIpc) is 2.31. The second-order valence-corrected chi connectivity index (χ2v) is 4.78. The predicted octanol–water partition coefficient (Wildman–Crippen LogP) is 2.51. The molecule has 0 rings (SSSR count). The number of rotatable bonds is 12. The molecule has 0 saturated heterocycles. The predicted molar refractivity (Wildman–Crippen MR) is 75.6 cm³/mol. The fourth-order valence-electron chi connectivity index (χ4n) is 1.83. The first-order chi connectivity index (χ1) is 8.22. The maximum atomic E-state index is 5.29. The van der Waals surface area contributed by atoms with Gasteiger partial charge in [0.2, 0.25) is 0 Å². The summed E-state index contributed by atoms with van der Waals surface area (Å²) in [6.07, 6.45) is 3.98. The Hall–Kier alpha value is -0.120. The van der Waals surface area contributed by atoms with E-state index in [1.807, 2.05) is 6.92 Å². The molecule has 0 radical (unpaired) electrons. The highest BCUT2D eigenvalue weighted by Crippen LogP contribution is 2.02. The Morgan fingerprint density at radius 2 is 1.82 bits per heavy atom. The van der Waals surface area contributed by atoms with Gasteiger partial charge in [0.25, 0.3) is 0 Å². The minimum Gasteiger partial charge on any atom is -0.380 e. The van der Waals surface area contributed by atoms with Crippen molar-refractivity contribution < 1.29 is 4.74 Å². The van der Waals surface area contributed by atoms with Crippen molar-refractivity contribution >= 4 is 0 Å². The fraction of sp³-hybridized carbons (Fsp3) is 1.00. The first kappa shape index (κ1) is 16.9. The van der Waals surface area contributed by atoms with Crippen LogP contribution in [0.3, 0.4) is 0 Å². The minimum absolute atomic E-state index is 0.653. The standard InChI is InChI=1S/C14H32N2O/c1-5-7-8-11-16(14(3)4)12-9-15-10-13-17-6-2/h14-15H,5-13H2,1-4H3. The Balaban J connectivity index is 3.49. The van der Waals surface area contributed by atoms with E-state index in [1.54, 1.807) is 0 Å². The first-order valence-electron chi connectivity index (χ1n) is 7.24. The van der Waals surface area contributed by atoms with Crippen molar-refractivity contribution in [2.24, 2.45) is 0 Å². The Labute approximate surface area is 108 Å². The third kappa shape index (κ3) is 10.7. The van der Waals surface area contributed by atoms with Crippen LogP contribution in [-0.4, -0.2) is 50.3 Å². The van der Waals surface area contributed by atoms with Gasteiger partial charge in [-0.3, -0.25) is 4.90 Å². The van der Waals surface area contributed by atoms with E-state index in [4.69, 9.17) is 4.74 Å². The number of ether oxygens (including phenoxy) is 1. The number of nitrogens with one attached hydrogen (secondary N) is 1. The maximum Gasteiger partial charge on any atom is 0.0590 e. The second-order valence-electron chi connectivity index (χ2n) is 4.78. The molecule has 0 saturated carbocycles. The van der Waals surface area contributed by atoms with Crippen molar-refractivity contribution in [3.05, 3.63) is 0 Å². The zero-order valence-corrected chi connectivity index (χ0v) is 12.3. The van der Waals surface area contributed by atoms with E-state index in [9.17, 15) is 0 Å². The Bertz CT molecular complexity index is 151. The van der Waals surface area contributed by atoms with Crippen molar-refractivity contribution in [2.75, 3.05) is 39.4 Å². The number of nitrogens with zero attached hydrogens (tertiary/aromatic N) is 1. The topological polar surface area (TPSA) is 24.5 Å². The van der Waals surface area contributed by atoms with Gasteiger partial charge in [-0.1, -0.05) is 19.8 Å². The maximum absolute atomic E-state index is 5.29. The van der Waals surface area contributed by atoms with Crippen LogP contribution in [0, 0.1) is 0 Å². The molecule has 0 aliphatic carbocycles. The van der Waals surface area contributed by atoms with Gasteiger partial charge >= 0.3 is 0 Å². The van der Waals surface area contributed by atoms with Crippen molar-refractivity contribution in [3.8, 4) is 0 Å². The smallest absolute Gasteiger partial charge is 0.0590 e. The summed E-state index contributed by atoms with van der Waals surface area (Å²) in [4.78, 5) is 2.56. The zero-order chi connectivity index (χ0) is 12.9. The molecular formula is C14H32N2O. The highest BCUT2D eigenvalue weighted by Gasteiger charge is 2.07. The molecule has 0 fully saturated rings. The van der Waals surface area contributed by atoms with Crippen molar-refractivity contribution in [3.63, 3.8) is 0 Å². The summed E-state index contributed by atoms with van der Waals surface area (Å²) >= 11 is 0. The second kappa shape index (κ2) is 12.3. The molecule has 1 N–H and O–H groups in total. The summed E-state index contributed by atoms with van der Waals surface area (Å²) in [5, 5.41) is 3.43. The van der Waals surface area contributed by atoms with Crippen LogP contribution < -0.4 is 5.32 Å². The van der Waals surface area contributed by atoms with Gasteiger partial charge < -0.3 is 10.1 Å². The van der Waals surface area contributed by atoms with Crippen molar-refractivity contribution in [1.29, 1.82) is 0 Å². The monoisotopic (exact) mass is 244 g/mol. The van der Waals surface area contributed by atoms with E-state index in [0.29, 0.717) is 6.04 Å². The first-order valence-corrected chi connectivity index (χ1v) is 7.24. The van der Waals surface area contributed by atoms with E-state index in [2.05, 4.69) is 31.0 Å². The van der Waals surface area contributed by atoms with Crippen LogP contribution in [0.5, 0.6) is 0 Å². The zero-order valence-electron chi connectivity index (χ0n) is 12.3. The Morgan fingerprint density at radius 1 is 1.06 bits per heavy atom. The fourth-order valence-corrected chi connectivity index (χ4v) is 1.83. The van der Waals surface area contributed by atoms with E-state index in [-0.39, 0.29) is 0 Å². The molecule has 0 aromatic rings. The van der Waals surface area contributed by atoms with Gasteiger partial charge in [-0.2, -0.15) is 0 Å². The van der Waals surface area contributed by atoms with Gasteiger partial charge in [-0.15, -0.1) is 0 Å². The van der Waals surface area contributed by atoms with Crippen LogP contribution in [0.25, 0.3) is 0 Å². The number of hydrogen-bond donors (Lipinski definition) is 1. The quantitative estimate of drug-likeness (QED) is 0.534. The lowest BCUT2D eigenvalue weighted by molar-refractivity contribution is 0.147. The van der Waals surface area contributed by atoms with Crippen molar-refractivity contribution in [2.45, 2.75) is 53.0 Å². The summed E-state index contributed by atoms with van der Waals surface area (Å²) in [6, 6.07) is 0.653. The highest BCUT2D eigenvalue weighted by molar-refractivity contribution is 4.64. The van der Waals surface area contributed by atoms with Gasteiger partial charge in [-0.25, -0.2) is 0 Å². The molecule has 0 unspecified atom stereocenters. The van der Waals surface area contributed by atoms with Gasteiger partial charge in [0.05, 0.1) is 6.61 Å². The lowest BCUT2D eigenvalue weighted by Gasteiger charge is -2.26. The van der Waals surface area contributed by atoms with E-state index < -0.39 is 0 Å². The van der Waals surface area contributed by atoms with Crippen LogP contribution in [0.1, 0.15) is 47.0 Å². The van der Waals surface area contributed by atoms with Crippen LogP contribution in [0.2, 0.25) is 0 Å². The number of hydrogen-bond acceptors (Lipinski definition) is 3. The van der Waals surface area contributed by atoms with Gasteiger partial charge in [0.15, 0.2) is 0 Å². The summed E-state index contributed by atoms with van der Waals surface area (Å²) in [5.41, 5.74) is 0. The van der Waals surface area contributed by atoms with E-state index in [1.165, 1.54) is 25.8 Å². The highest BCUT2D eigenvalue weighted by atomic mass is 16.5. The molecule has 0 aliphatic rings. The van der Waals surface area contributed by atoms with Gasteiger partial charge in [0.1, 0.15) is 0 Å². The third-order valence-electron chi connectivity index (χ3n) is 2.98. The van der Waals surface area contributed by atoms with Gasteiger partial charge in [0, 0.05) is 32.3 Å². The Kier molecular flexibility index (Phi) is 12.3. The normalized spacial score (nSPS) is 11.6. The molecular weight excluding hydrogens is 212 g/mol. The lowest BCUT2D eigenvalue weighted by atomic mass is 10.2. The summed E-state index contributed by atoms with van der Waals surface area (Å²) in [6.45, 7) is 14.9. The van der Waals surface area contributed by atoms with Crippen molar-refractivity contribution in [1.82, 2.24) is 10.2 Å². The van der Waals surface area contributed by atoms with Crippen LogP contribution in [0.4, 0.5) is 0 Å². The molecule has 0 aromatic heterocycles. The minimum atomic E-state index is 0.653. The molecule has 0 bridgehead atoms. The molecule has 0 spiro atoms. The van der Waals surface area contributed by atoms with Gasteiger partial charge in [-0.05, 0) is 33.7 Å². The third-order valence-corrected chi connectivity index (χ3v) is 2.98. The molecule has 3 heteroatoms. The Morgan fingerprint density at radius 3 is 2.41 bits per heavy atom.